The van der Waals surface area contributed by atoms with Crippen molar-refractivity contribution in [2.24, 2.45) is 17.8 Å². The first-order valence-electron chi connectivity index (χ1n) is 12.7. The molecule has 0 unspecified atom stereocenters. The number of nitrogens with zero attached hydrogens (tertiary/aromatic N) is 1. The summed E-state index contributed by atoms with van der Waals surface area (Å²) in [6.07, 6.45) is 9.16. The molecule has 0 radical (unpaired) electrons. The van der Waals surface area contributed by atoms with Gasteiger partial charge in [0.2, 0.25) is 0 Å². The topological polar surface area (TPSA) is 84.9 Å². The van der Waals surface area contributed by atoms with Crippen LogP contribution in [0.3, 0.4) is 0 Å². The number of hydrogen-bond acceptors (Lipinski definition) is 5. The second-order valence-corrected chi connectivity index (χ2v) is 11.3. The Morgan fingerprint density at radius 1 is 0.919 bits per heavy atom. The first kappa shape index (κ1) is 24.0. The number of halogens is 1. The molecule has 5 aliphatic rings. The summed E-state index contributed by atoms with van der Waals surface area (Å²) >= 11 is 6.38. The van der Waals surface area contributed by atoms with Crippen LogP contribution in [0, 0.1) is 17.8 Å². The number of amides is 4. The fourth-order valence-corrected chi connectivity index (χ4v) is 7.66. The van der Waals surface area contributed by atoms with Crippen molar-refractivity contribution in [3.05, 3.63) is 58.1 Å². The summed E-state index contributed by atoms with van der Waals surface area (Å²) in [6.45, 7) is 0. The molecule has 192 valence electrons. The average Bonchev–Trinajstić information content (AvgIpc) is 2.86. The van der Waals surface area contributed by atoms with Crippen LogP contribution in [0.5, 0.6) is 11.5 Å². The first-order chi connectivity index (χ1) is 17.8. The summed E-state index contributed by atoms with van der Waals surface area (Å²) in [4.78, 5) is 39.8. The smallest absolute Gasteiger partial charge is 0.335 e. The predicted octanol–water partition coefficient (Wildman–Crippen LogP) is 5.49. The third-order valence-electron chi connectivity index (χ3n) is 8.68. The number of carbonyl (C=O) groups is 3. The second-order valence-electron chi connectivity index (χ2n) is 10.9. The fourth-order valence-electron chi connectivity index (χ4n) is 7.46. The van der Waals surface area contributed by atoms with Crippen LogP contribution in [0.2, 0.25) is 5.02 Å². The van der Waals surface area contributed by atoms with Crippen LogP contribution in [0.15, 0.2) is 42.0 Å². The van der Waals surface area contributed by atoms with Gasteiger partial charge in [0.1, 0.15) is 5.57 Å². The van der Waals surface area contributed by atoms with Crippen molar-refractivity contribution in [1.82, 2.24) is 5.32 Å². The highest BCUT2D eigenvalue weighted by Crippen LogP contribution is 2.60. The molecule has 1 saturated heterocycles. The van der Waals surface area contributed by atoms with Crippen LogP contribution in [-0.4, -0.2) is 32.1 Å². The van der Waals surface area contributed by atoms with Gasteiger partial charge in [0, 0.05) is 6.07 Å². The van der Waals surface area contributed by atoms with E-state index in [9.17, 15) is 14.4 Å². The molecule has 0 atom stereocenters. The van der Waals surface area contributed by atoms with E-state index in [0.717, 1.165) is 22.7 Å². The van der Waals surface area contributed by atoms with E-state index in [1.807, 2.05) is 12.1 Å². The molecule has 4 saturated carbocycles. The molecule has 0 spiro atoms. The van der Waals surface area contributed by atoms with E-state index in [0.29, 0.717) is 22.7 Å². The lowest BCUT2D eigenvalue weighted by Gasteiger charge is -2.57. The zero-order chi connectivity index (χ0) is 25.9. The summed E-state index contributed by atoms with van der Waals surface area (Å²) < 4.78 is 10.6. The number of ether oxygens (including phenoxy) is 2. The Bertz CT molecular complexity index is 1300. The molecule has 4 bridgehead atoms. The van der Waals surface area contributed by atoms with E-state index in [1.165, 1.54) is 64.4 Å². The fraction of sp³-hybridized carbons (Fsp3) is 0.414. The van der Waals surface area contributed by atoms with Crippen LogP contribution in [0.4, 0.5) is 10.5 Å². The third-order valence-corrected chi connectivity index (χ3v) is 9.01. The molecule has 2 aromatic rings. The van der Waals surface area contributed by atoms with Crippen molar-refractivity contribution in [3.63, 3.8) is 0 Å². The van der Waals surface area contributed by atoms with Gasteiger partial charge in [-0.1, -0.05) is 23.7 Å². The number of imide groups is 2. The number of nitrogens with one attached hydrogen (secondary N) is 1. The molecule has 37 heavy (non-hydrogen) atoms. The molecular formula is C29H29ClN2O5. The molecule has 1 N–H and O–H groups in total. The summed E-state index contributed by atoms with van der Waals surface area (Å²) in [5.41, 5.74) is 2.13. The minimum absolute atomic E-state index is 0.195. The quantitative estimate of drug-likeness (QED) is 0.416. The molecule has 4 aliphatic carbocycles. The van der Waals surface area contributed by atoms with E-state index in [-0.39, 0.29) is 16.0 Å². The number of barbiturate groups is 1. The zero-order valence-corrected chi connectivity index (χ0v) is 21.6. The molecule has 0 aromatic heterocycles. The monoisotopic (exact) mass is 520 g/mol. The van der Waals surface area contributed by atoms with Crippen molar-refractivity contribution < 1.29 is 23.9 Å². The molecule has 5 fully saturated rings. The summed E-state index contributed by atoms with van der Waals surface area (Å²) in [6, 6.07) is 10.1. The number of carbonyl (C=O) groups excluding carboxylic acids is 3. The summed E-state index contributed by atoms with van der Waals surface area (Å²) in [7, 11) is 2.97. The standard InChI is InChI=1S/C29H29ClN2O5/c1-36-24-11-19(23(30)12-25(24)37-2)10-22-26(33)31-28(35)32(27(22)34)21-5-3-20(4-6-21)29-13-16-7-17(14-29)9-18(8-16)15-29/h3-6,10-12,16-18H,7-9,13-15H2,1-2H3,(H,31,33,35)/b22-10+. The molecule has 4 amide bonds. The van der Waals surface area contributed by atoms with Crippen LogP contribution in [-0.2, 0) is 15.0 Å². The molecular weight excluding hydrogens is 492 g/mol. The molecule has 8 heteroatoms. The maximum atomic E-state index is 13.4. The normalized spacial score (nSPS) is 29.6. The largest absolute Gasteiger partial charge is 0.493 e. The third kappa shape index (κ3) is 4.00. The van der Waals surface area contributed by atoms with Gasteiger partial charge in [-0.25, -0.2) is 9.69 Å². The lowest BCUT2D eigenvalue weighted by molar-refractivity contribution is -0.122. The maximum absolute atomic E-state index is 13.4. The van der Waals surface area contributed by atoms with Crippen LogP contribution >= 0.6 is 11.6 Å². The Labute approximate surface area is 220 Å². The highest BCUT2D eigenvalue weighted by Gasteiger charge is 2.51. The number of rotatable bonds is 5. The Hall–Kier alpha value is -3.32. The number of methoxy groups -OCH3 is 2. The minimum Gasteiger partial charge on any atom is -0.493 e. The lowest BCUT2D eigenvalue weighted by Crippen LogP contribution is -2.54. The van der Waals surface area contributed by atoms with E-state index >= 15 is 0 Å². The van der Waals surface area contributed by atoms with Crippen molar-refractivity contribution in [2.75, 3.05) is 19.1 Å². The second kappa shape index (κ2) is 8.91. The SMILES string of the molecule is COc1cc(Cl)c(/C=C2\C(=O)NC(=O)N(c3ccc(C45CC6CC(CC(C6)C4)C5)cc3)C2=O)cc1OC. The Kier molecular flexibility index (Phi) is 5.79. The van der Waals surface area contributed by atoms with Crippen molar-refractivity contribution >= 4 is 41.2 Å². The molecule has 7 rings (SSSR count). The van der Waals surface area contributed by atoms with Gasteiger partial charge in [-0.05, 0) is 97.1 Å². The summed E-state index contributed by atoms with van der Waals surface area (Å²) in [5, 5.41) is 2.55. The zero-order valence-electron chi connectivity index (χ0n) is 20.9. The predicted molar refractivity (Wildman–Crippen MR) is 140 cm³/mol. The van der Waals surface area contributed by atoms with Crippen molar-refractivity contribution in [2.45, 2.75) is 43.9 Å². The Morgan fingerprint density at radius 3 is 2.05 bits per heavy atom. The van der Waals surface area contributed by atoms with Gasteiger partial charge >= 0.3 is 6.03 Å². The van der Waals surface area contributed by atoms with E-state index in [1.54, 1.807) is 12.1 Å². The number of hydrogen-bond donors (Lipinski definition) is 1. The van der Waals surface area contributed by atoms with Crippen LogP contribution < -0.4 is 19.7 Å². The molecule has 7 nitrogen and oxygen atoms in total. The molecule has 1 heterocycles. The van der Waals surface area contributed by atoms with Gasteiger partial charge in [-0.15, -0.1) is 0 Å². The maximum Gasteiger partial charge on any atom is 0.335 e. The van der Waals surface area contributed by atoms with Gasteiger partial charge < -0.3 is 9.47 Å². The van der Waals surface area contributed by atoms with Gasteiger partial charge in [0.15, 0.2) is 11.5 Å². The van der Waals surface area contributed by atoms with Crippen molar-refractivity contribution in [3.8, 4) is 11.5 Å². The van der Waals surface area contributed by atoms with E-state index in [2.05, 4.69) is 17.4 Å². The first-order valence-corrected chi connectivity index (χ1v) is 13.1. The van der Waals surface area contributed by atoms with E-state index in [4.69, 9.17) is 21.1 Å². The average molecular weight is 521 g/mol. The van der Waals surface area contributed by atoms with Crippen LogP contribution in [0.1, 0.15) is 49.7 Å². The lowest BCUT2D eigenvalue weighted by atomic mass is 9.48. The highest BCUT2D eigenvalue weighted by atomic mass is 35.5. The number of anilines is 1. The van der Waals surface area contributed by atoms with E-state index < -0.39 is 17.8 Å². The van der Waals surface area contributed by atoms with Crippen molar-refractivity contribution in [1.29, 1.82) is 0 Å². The molecule has 1 aliphatic heterocycles. The van der Waals surface area contributed by atoms with Gasteiger partial charge in [-0.2, -0.15) is 0 Å². The Balaban J connectivity index is 1.30. The minimum atomic E-state index is -0.776. The highest BCUT2D eigenvalue weighted by molar-refractivity contribution is 6.40. The van der Waals surface area contributed by atoms with Gasteiger partial charge in [0.05, 0.1) is 24.9 Å². The number of urea groups is 1. The number of benzene rings is 2. The Morgan fingerprint density at radius 2 is 1.49 bits per heavy atom. The summed E-state index contributed by atoms with van der Waals surface area (Å²) in [5.74, 6) is 1.80. The van der Waals surface area contributed by atoms with Gasteiger partial charge in [-0.3, -0.25) is 14.9 Å². The van der Waals surface area contributed by atoms with Crippen LogP contribution in [0.25, 0.3) is 6.08 Å². The molecule has 2 aromatic carbocycles. The van der Waals surface area contributed by atoms with Gasteiger partial charge in [0.25, 0.3) is 11.8 Å².